The molecular formula is C26H36N2O4. The molecule has 1 saturated heterocycles. The fraction of sp³-hybridized carbons (Fsp3) is 0.500. The number of benzene rings is 2. The Kier molecular flexibility index (Phi) is 8.94. The molecule has 1 heterocycles. The number of methoxy groups -OCH3 is 2. The maximum Gasteiger partial charge on any atom is 0.255 e. The van der Waals surface area contributed by atoms with Crippen molar-refractivity contribution in [3.8, 4) is 11.5 Å². The highest BCUT2D eigenvalue weighted by atomic mass is 16.5. The summed E-state index contributed by atoms with van der Waals surface area (Å²) < 4.78 is 16.7. The van der Waals surface area contributed by atoms with Gasteiger partial charge in [-0.1, -0.05) is 38.1 Å². The molecule has 32 heavy (non-hydrogen) atoms. The maximum atomic E-state index is 12.6. The molecule has 3 rings (SSSR count). The van der Waals surface area contributed by atoms with E-state index in [4.69, 9.17) is 14.2 Å². The summed E-state index contributed by atoms with van der Waals surface area (Å²) in [7, 11) is 3.23. The van der Waals surface area contributed by atoms with Gasteiger partial charge >= 0.3 is 0 Å². The molecule has 6 heteroatoms. The van der Waals surface area contributed by atoms with Crippen molar-refractivity contribution in [2.24, 2.45) is 0 Å². The van der Waals surface area contributed by atoms with Gasteiger partial charge in [0, 0.05) is 39.4 Å². The van der Waals surface area contributed by atoms with E-state index >= 15 is 0 Å². The number of hydrogen-bond acceptors (Lipinski definition) is 5. The molecule has 2 aromatic rings. The minimum absolute atomic E-state index is 0.0761. The molecule has 174 valence electrons. The molecule has 6 nitrogen and oxygen atoms in total. The monoisotopic (exact) mass is 440 g/mol. The highest BCUT2D eigenvalue weighted by molar-refractivity contribution is 5.97. The van der Waals surface area contributed by atoms with Crippen LogP contribution >= 0.6 is 0 Å². The number of hydrogen-bond donors (Lipinski definition) is 1. The van der Waals surface area contributed by atoms with Crippen LogP contribution in [0.2, 0.25) is 0 Å². The lowest BCUT2D eigenvalue weighted by Crippen LogP contribution is -2.38. The van der Waals surface area contributed by atoms with E-state index in [0.29, 0.717) is 36.1 Å². The van der Waals surface area contributed by atoms with Crippen LogP contribution in [-0.4, -0.2) is 57.4 Å². The molecule has 1 N–H and O–H groups in total. The average Bonchev–Trinajstić information content (AvgIpc) is 2.80. The van der Waals surface area contributed by atoms with Crippen molar-refractivity contribution in [3.63, 3.8) is 0 Å². The summed E-state index contributed by atoms with van der Waals surface area (Å²) >= 11 is 0. The Morgan fingerprint density at radius 3 is 2.44 bits per heavy atom. The van der Waals surface area contributed by atoms with Crippen LogP contribution < -0.4 is 14.8 Å². The van der Waals surface area contributed by atoms with Gasteiger partial charge in [0.25, 0.3) is 5.91 Å². The number of likely N-dealkylation sites (tertiary alicyclic amines) is 1. The van der Waals surface area contributed by atoms with E-state index in [9.17, 15) is 4.79 Å². The first kappa shape index (κ1) is 24.1. The van der Waals surface area contributed by atoms with Gasteiger partial charge < -0.3 is 19.5 Å². The van der Waals surface area contributed by atoms with Crippen molar-refractivity contribution in [2.45, 2.75) is 45.3 Å². The molecule has 0 aliphatic carbocycles. The zero-order valence-corrected chi connectivity index (χ0v) is 19.7. The number of rotatable bonds is 10. The highest BCUT2D eigenvalue weighted by Gasteiger charge is 2.23. The predicted octanol–water partition coefficient (Wildman–Crippen LogP) is 4.24. The normalized spacial score (nSPS) is 15.0. The van der Waals surface area contributed by atoms with Gasteiger partial charge in [-0.05, 0) is 42.0 Å². The van der Waals surface area contributed by atoms with E-state index < -0.39 is 0 Å². The van der Waals surface area contributed by atoms with Crippen molar-refractivity contribution >= 4 is 5.91 Å². The van der Waals surface area contributed by atoms with Crippen molar-refractivity contribution in [1.82, 2.24) is 10.2 Å². The van der Waals surface area contributed by atoms with E-state index in [2.05, 4.69) is 48.3 Å². The van der Waals surface area contributed by atoms with Gasteiger partial charge in [-0.3, -0.25) is 9.69 Å². The van der Waals surface area contributed by atoms with Gasteiger partial charge in [0.2, 0.25) is 0 Å². The van der Waals surface area contributed by atoms with Gasteiger partial charge in [-0.15, -0.1) is 0 Å². The van der Waals surface area contributed by atoms with Crippen molar-refractivity contribution < 1.29 is 19.0 Å². The van der Waals surface area contributed by atoms with Gasteiger partial charge in [0.1, 0.15) is 17.6 Å². The molecule has 0 aromatic heterocycles. The van der Waals surface area contributed by atoms with Gasteiger partial charge in [0.15, 0.2) is 0 Å². The second-order valence-corrected chi connectivity index (χ2v) is 8.60. The second-order valence-electron chi connectivity index (χ2n) is 8.60. The Morgan fingerprint density at radius 2 is 1.81 bits per heavy atom. The van der Waals surface area contributed by atoms with Crippen molar-refractivity contribution in [2.75, 3.05) is 40.5 Å². The first-order valence-corrected chi connectivity index (χ1v) is 11.4. The molecule has 0 radical (unpaired) electrons. The van der Waals surface area contributed by atoms with Crippen LogP contribution in [-0.2, 0) is 11.3 Å². The first-order chi connectivity index (χ1) is 15.5. The smallest absolute Gasteiger partial charge is 0.255 e. The number of carbonyl (C=O) groups is 1. The average molecular weight is 441 g/mol. The van der Waals surface area contributed by atoms with Crippen LogP contribution in [0.25, 0.3) is 0 Å². The number of ether oxygens (including phenoxy) is 3. The zero-order chi connectivity index (χ0) is 22.9. The molecule has 1 fully saturated rings. The summed E-state index contributed by atoms with van der Waals surface area (Å²) in [6.07, 6.45) is 1.92. The number of piperidine rings is 1. The third kappa shape index (κ3) is 6.71. The van der Waals surface area contributed by atoms with E-state index in [-0.39, 0.29) is 12.0 Å². The molecule has 2 aromatic carbocycles. The van der Waals surface area contributed by atoms with E-state index in [1.54, 1.807) is 32.4 Å². The molecule has 1 aliphatic rings. The summed E-state index contributed by atoms with van der Waals surface area (Å²) in [5.74, 6) is 1.64. The molecule has 0 unspecified atom stereocenters. The minimum Gasteiger partial charge on any atom is -0.497 e. The second kappa shape index (κ2) is 11.9. The largest absolute Gasteiger partial charge is 0.497 e. The molecule has 1 amide bonds. The summed E-state index contributed by atoms with van der Waals surface area (Å²) in [6.45, 7) is 8.25. The Bertz CT molecular complexity index is 859. The van der Waals surface area contributed by atoms with Crippen LogP contribution in [0.3, 0.4) is 0 Å². The fourth-order valence-corrected chi connectivity index (χ4v) is 3.91. The van der Waals surface area contributed by atoms with Crippen LogP contribution in [0.1, 0.15) is 54.1 Å². The third-order valence-electron chi connectivity index (χ3n) is 5.91. The molecule has 0 bridgehead atoms. The summed E-state index contributed by atoms with van der Waals surface area (Å²) in [6, 6.07) is 14.3. The lowest BCUT2D eigenvalue weighted by Gasteiger charge is -2.32. The quantitative estimate of drug-likeness (QED) is 0.560. The number of nitrogens with zero attached hydrogens (tertiary/aromatic N) is 1. The summed E-state index contributed by atoms with van der Waals surface area (Å²) in [4.78, 5) is 15.1. The first-order valence-electron chi connectivity index (χ1n) is 11.4. The van der Waals surface area contributed by atoms with Crippen molar-refractivity contribution in [3.05, 3.63) is 59.2 Å². The Hall–Kier alpha value is -2.57. The molecule has 0 saturated carbocycles. The van der Waals surface area contributed by atoms with Crippen LogP contribution in [0.4, 0.5) is 0 Å². The Morgan fingerprint density at radius 1 is 1.09 bits per heavy atom. The Balaban J connectivity index is 1.57. The lowest BCUT2D eigenvalue weighted by atomic mass is 10.0. The lowest BCUT2D eigenvalue weighted by molar-refractivity contribution is 0.0881. The maximum absolute atomic E-state index is 12.6. The standard InChI is InChI=1S/C26H36N2O4/c1-19(2)21-7-5-20(6-8-21)18-28-14-11-22(12-15-28)32-25-17-23(31-4)9-10-24(25)26(29)27-13-16-30-3/h5-10,17,19,22H,11-16,18H2,1-4H3,(H,27,29). The molecule has 0 atom stereocenters. The number of amides is 1. The molecule has 1 aliphatic heterocycles. The van der Waals surface area contributed by atoms with Crippen LogP contribution in [0.5, 0.6) is 11.5 Å². The minimum atomic E-state index is -0.165. The summed E-state index contributed by atoms with van der Waals surface area (Å²) in [5, 5.41) is 2.87. The fourth-order valence-electron chi connectivity index (χ4n) is 3.91. The predicted molar refractivity (Wildman–Crippen MR) is 127 cm³/mol. The number of carbonyl (C=O) groups excluding carboxylic acids is 1. The van der Waals surface area contributed by atoms with Gasteiger partial charge in [-0.2, -0.15) is 0 Å². The van der Waals surface area contributed by atoms with E-state index in [1.165, 1.54) is 11.1 Å². The summed E-state index contributed by atoms with van der Waals surface area (Å²) in [5.41, 5.74) is 3.24. The Labute approximate surface area is 191 Å². The van der Waals surface area contributed by atoms with E-state index in [1.807, 2.05) is 0 Å². The molecule has 0 spiro atoms. The third-order valence-corrected chi connectivity index (χ3v) is 5.91. The van der Waals surface area contributed by atoms with Crippen molar-refractivity contribution in [1.29, 1.82) is 0 Å². The van der Waals surface area contributed by atoms with E-state index in [0.717, 1.165) is 32.5 Å². The van der Waals surface area contributed by atoms with Gasteiger partial charge in [-0.25, -0.2) is 0 Å². The van der Waals surface area contributed by atoms with Crippen LogP contribution in [0.15, 0.2) is 42.5 Å². The van der Waals surface area contributed by atoms with Gasteiger partial charge in [0.05, 0.1) is 19.3 Å². The zero-order valence-electron chi connectivity index (χ0n) is 19.7. The van der Waals surface area contributed by atoms with Crippen LogP contribution in [0, 0.1) is 0 Å². The number of nitrogens with one attached hydrogen (secondary N) is 1. The highest BCUT2D eigenvalue weighted by Crippen LogP contribution is 2.28. The molecular weight excluding hydrogens is 404 g/mol. The SMILES string of the molecule is COCCNC(=O)c1ccc(OC)cc1OC1CCN(Cc2ccc(C(C)C)cc2)CC1. The topological polar surface area (TPSA) is 60.0 Å².